The van der Waals surface area contributed by atoms with E-state index in [1.165, 1.54) is 14.2 Å². The summed E-state index contributed by atoms with van der Waals surface area (Å²) in [4.78, 5) is 0. The molecule has 0 spiro atoms. The van der Waals surface area contributed by atoms with E-state index < -0.39 is 44.9 Å². The van der Waals surface area contributed by atoms with E-state index in [9.17, 15) is 5.11 Å². The van der Waals surface area contributed by atoms with Gasteiger partial charge in [0, 0.05) is 48.9 Å². The lowest BCUT2D eigenvalue weighted by molar-refractivity contribution is -0.0900. The minimum atomic E-state index is -0.906. The van der Waals surface area contributed by atoms with Gasteiger partial charge in [0.05, 0.1) is 29.1 Å². The Balaban J connectivity index is 0.000000405. The standard InChI is InChI=1S/C16H32NO4P.C6H10O3.2CH4O/c1-12(2)17(13(3)4)22(9-7-8-18-6)21-15-14-10-20-16(15,5)11-19-14;1-6-3-8-4(2-9-6)5(6)7;2*1-2/h12-15H,7-11H2,1-6H3;4-5,7H,2-3H2,1H3;2*2H,1H3/t14-,15-,16-,22?;4-,5-,6-;;/m00../s1/i5D,10T;1D,2T;2*2T/t10-,14+,15+,16+,22?;2-,4+,5+,6+;;/m11... The Morgan fingerprint density at radius 1 is 1.09 bits per heavy atom. The molecule has 0 radical (unpaired) electrons. The lowest BCUT2D eigenvalue weighted by Gasteiger charge is -2.39. The Hall–Kier alpha value is 0.0300. The van der Waals surface area contributed by atoms with Crippen LogP contribution in [0.4, 0.5) is 0 Å². The van der Waals surface area contributed by atoms with Crippen LogP contribution in [0.1, 0.15) is 53.4 Å². The molecule has 0 aromatic rings. The highest BCUT2D eigenvalue weighted by molar-refractivity contribution is 7.50. The monoisotopic (exact) mass is 537 g/mol. The van der Waals surface area contributed by atoms with Crippen molar-refractivity contribution in [2.75, 3.05) is 60.5 Å². The second kappa shape index (κ2) is 15.4. The Labute approximate surface area is 221 Å². The lowest BCUT2D eigenvalue weighted by Crippen LogP contribution is -2.40. The first-order chi connectivity index (χ1) is 19.4. The highest BCUT2D eigenvalue weighted by Gasteiger charge is 2.56. The molecule has 9 atom stereocenters. The molecular weight excluding hydrogens is 477 g/mol. The Morgan fingerprint density at radius 3 is 2.06 bits per heavy atom. The van der Waals surface area contributed by atoms with Crippen LogP contribution in [0.5, 0.6) is 0 Å². The van der Waals surface area contributed by atoms with Crippen molar-refractivity contribution in [1.29, 1.82) is 2.86 Å². The maximum atomic E-state index is 9.46. The molecule has 210 valence electrons. The molecule has 0 aliphatic carbocycles. The van der Waals surface area contributed by atoms with Crippen LogP contribution in [0.25, 0.3) is 0 Å². The Morgan fingerprint density at radius 2 is 1.63 bits per heavy atom. The van der Waals surface area contributed by atoms with Crippen LogP contribution < -0.4 is 0 Å². The van der Waals surface area contributed by atoms with E-state index in [0.717, 1.165) is 12.6 Å². The van der Waals surface area contributed by atoms with Gasteiger partial charge in [-0.2, -0.15) is 0 Å². The third kappa shape index (κ3) is 8.26. The predicted octanol–water partition coefficient (Wildman–Crippen LogP) is 1.78. The summed E-state index contributed by atoms with van der Waals surface area (Å²) in [5.74, 6) is 0. The molecule has 4 saturated heterocycles. The van der Waals surface area contributed by atoms with Crippen LogP contribution in [-0.2, 0) is 28.2 Å². The fourth-order valence-corrected chi connectivity index (χ4v) is 6.67. The molecule has 4 rings (SSSR count). The molecule has 3 N–H and O–H groups in total. The highest BCUT2D eigenvalue weighted by atomic mass is 31.2. The first-order valence-electron chi connectivity index (χ1n) is 15.2. The first-order valence-corrected chi connectivity index (χ1v) is 13.2. The molecule has 1 unspecified atom stereocenters. The van der Waals surface area contributed by atoms with Gasteiger partial charge in [-0.25, -0.2) is 0 Å². The van der Waals surface area contributed by atoms with Crippen molar-refractivity contribution in [2.24, 2.45) is 0 Å². The summed E-state index contributed by atoms with van der Waals surface area (Å²) >= 11 is 0. The van der Waals surface area contributed by atoms with Gasteiger partial charge in [0.1, 0.15) is 43.9 Å². The highest BCUT2D eigenvalue weighted by Crippen LogP contribution is 2.51. The Bertz CT molecular complexity index is 717. The average molecular weight is 538 g/mol. The second-order valence-corrected chi connectivity index (χ2v) is 11.0. The molecule has 4 fully saturated rings. The number of fused-ring (bicyclic) bond motifs is 4. The summed E-state index contributed by atoms with van der Waals surface area (Å²) < 4.78 is 77.6. The summed E-state index contributed by atoms with van der Waals surface area (Å²) in [6.45, 7) is 8.48. The molecule has 0 aromatic heterocycles. The lowest BCUT2D eigenvalue weighted by atomic mass is 10.0. The predicted molar refractivity (Wildman–Crippen MR) is 136 cm³/mol. The van der Waals surface area contributed by atoms with E-state index in [4.69, 9.17) is 36.6 Å². The number of nitrogens with zero attached hydrogens (tertiary/aromatic N) is 1. The normalized spacial score (nSPS) is 41.9. The third-order valence-electron chi connectivity index (χ3n) is 5.83. The van der Waals surface area contributed by atoms with Crippen LogP contribution in [0.3, 0.4) is 0 Å². The molecule has 4 bridgehead atoms. The topological polar surface area (TPSA) is 119 Å². The van der Waals surface area contributed by atoms with E-state index in [2.05, 4.69) is 42.6 Å². The van der Waals surface area contributed by atoms with E-state index in [1.807, 2.05) is 0 Å². The van der Waals surface area contributed by atoms with Gasteiger partial charge in [0.15, 0.2) is 0 Å². The molecule has 4 aliphatic rings. The maximum absolute atomic E-state index is 9.46. The number of aliphatic hydroxyl groups is 3. The molecule has 4 aliphatic heterocycles. The minimum absolute atomic E-state index is 0.0416. The SMILES string of the molecule is [2H]C[C@@]12CO[C@@H]([C@@H]([3H])O1)[C@@H]2O.[2H]C[C@@]12CO[C@@H]([C@@H]([3H])O1)[C@@H]2OP(CCCOC)N(C(C)C)C(C)C.[3H]OC.[3H]OC. The van der Waals surface area contributed by atoms with Gasteiger partial charge >= 0.3 is 0 Å². The van der Waals surface area contributed by atoms with Crippen molar-refractivity contribution >= 4 is 8.30 Å². The van der Waals surface area contributed by atoms with Crippen molar-refractivity contribution in [2.45, 2.75) is 95.6 Å². The van der Waals surface area contributed by atoms with Crippen molar-refractivity contribution in [1.82, 2.24) is 4.67 Å². The van der Waals surface area contributed by atoms with Crippen LogP contribution in [0.2, 0.25) is 0 Å². The zero-order valence-electron chi connectivity index (χ0n) is 28.2. The number of ether oxygens (including phenoxy) is 5. The van der Waals surface area contributed by atoms with Gasteiger partial charge < -0.3 is 43.5 Å². The smallest absolute Gasteiger partial charge is 0.210 e. The molecule has 0 saturated carbocycles. The maximum Gasteiger partial charge on any atom is 0.210 e. The van der Waals surface area contributed by atoms with Gasteiger partial charge in [-0.3, -0.25) is 4.67 Å². The first kappa shape index (κ1) is 24.1. The van der Waals surface area contributed by atoms with Crippen molar-refractivity contribution in [3.8, 4) is 0 Å². The van der Waals surface area contributed by atoms with Gasteiger partial charge in [-0.15, -0.1) is 0 Å². The number of methoxy groups -OCH3 is 1. The Kier molecular flexibility index (Phi) is 10.6. The van der Waals surface area contributed by atoms with Crippen molar-refractivity contribution in [3.05, 3.63) is 0 Å². The zero-order chi connectivity index (χ0) is 31.4. The molecule has 11 heteroatoms. The van der Waals surface area contributed by atoms with Crippen LogP contribution in [0, 0.1) is 0 Å². The zero-order valence-corrected chi connectivity index (χ0v) is 23.1. The summed E-state index contributed by atoms with van der Waals surface area (Å²) in [6, 6.07) is 0.719. The third-order valence-corrected chi connectivity index (χ3v) is 8.44. The number of aliphatic hydroxyl groups excluding tert-OH is 3. The fourth-order valence-electron chi connectivity index (χ4n) is 4.22. The summed E-state index contributed by atoms with van der Waals surface area (Å²) in [7, 11) is 3.43. The molecule has 0 amide bonds. The largest absolute Gasteiger partial charge is 0.400 e. The molecule has 35 heavy (non-hydrogen) atoms. The van der Waals surface area contributed by atoms with Crippen LogP contribution in [0.15, 0.2) is 0 Å². The molecular formula is C24H50NO9P. The number of hydrogen-bond donors (Lipinski definition) is 3. The van der Waals surface area contributed by atoms with Gasteiger partial charge in [-0.1, -0.05) is 0 Å². The van der Waals surface area contributed by atoms with Crippen molar-refractivity contribution < 1.29 is 49.0 Å². The van der Waals surface area contributed by atoms with E-state index in [0.29, 0.717) is 25.3 Å². The average Bonchev–Trinajstić information content (AvgIpc) is 3.58. The number of hydrogen-bond acceptors (Lipinski definition) is 10. The molecule has 4 heterocycles. The molecule has 10 nitrogen and oxygen atoms in total. The van der Waals surface area contributed by atoms with Crippen molar-refractivity contribution in [3.63, 3.8) is 0 Å². The van der Waals surface area contributed by atoms with Crippen LogP contribution >= 0.6 is 8.30 Å². The van der Waals surface area contributed by atoms with E-state index >= 15 is 0 Å². The molecule has 0 aromatic carbocycles. The quantitative estimate of drug-likeness (QED) is 0.297. The summed E-state index contributed by atoms with van der Waals surface area (Å²) in [5, 5.41) is 16.5. The summed E-state index contributed by atoms with van der Waals surface area (Å²) in [6.07, 6.45) is -0.215. The van der Waals surface area contributed by atoms with E-state index in [1.54, 1.807) is 7.11 Å². The second-order valence-electron chi connectivity index (χ2n) is 9.15. The van der Waals surface area contributed by atoms with Gasteiger partial charge in [0.2, 0.25) is 2.86 Å². The van der Waals surface area contributed by atoms with Gasteiger partial charge in [0.25, 0.3) is 0 Å². The fraction of sp³-hybridized carbons (Fsp3) is 1.00. The number of rotatable bonds is 9. The van der Waals surface area contributed by atoms with Gasteiger partial charge in [-0.05, 0) is 47.9 Å². The van der Waals surface area contributed by atoms with Crippen LogP contribution in [-0.4, -0.2) is 131 Å². The van der Waals surface area contributed by atoms with E-state index in [-0.39, 0.29) is 32.6 Å². The summed E-state index contributed by atoms with van der Waals surface area (Å²) in [5.41, 5.74) is -1.68. The minimum Gasteiger partial charge on any atom is -0.400 e.